The van der Waals surface area contributed by atoms with Crippen molar-refractivity contribution < 1.29 is 4.39 Å². The number of nitrogens with one attached hydrogen (secondary N) is 2. The molecule has 9 heteroatoms. The number of imidazole rings is 1. The first-order valence-corrected chi connectivity index (χ1v) is 9.70. The Labute approximate surface area is 171 Å². The maximum atomic E-state index is 14.3. The zero-order valence-corrected chi connectivity index (χ0v) is 16.1. The van der Waals surface area contributed by atoms with E-state index < -0.39 is 5.82 Å². The van der Waals surface area contributed by atoms with E-state index in [4.69, 9.17) is 11.6 Å². The fraction of sp³-hybridized carbons (Fsp3) is 0.200. The summed E-state index contributed by atoms with van der Waals surface area (Å²) in [5.74, 6) is 1.96. The van der Waals surface area contributed by atoms with E-state index in [0.717, 1.165) is 18.9 Å². The Morgan fingerprint density at radius 2 is 1.97 bits per heavy atom. The zero-order chi connectivity index (χ0) is 19.8. The topological polar surface area (TPSA) is 82.6 Å². The highest BCUT2D eigenvalue weighted by Crippen LogP contribution is 2.32. The Morgan fingerprint density at radius 3 is 2.79 bits per heavy atom. The van der Waals surface area contributed by atoms with E-state index in [-0.39, 0.29) is 10.6 Å². The van der Waals surface area contributed by atoms with Crippen LogP contribution in [0.3, 0.4) is 0 Å². The Hall–Kier alpha value is -3.26. The van der Waals surface area contributed by atoms with Gasteiger partial charge in [0.1, 0.15) is 35.1 Å². The van der Waals surface area contributed by atoms with Crippen LogP contribution in [0.15, 0.2) is 42.9 Å². The number of rotatable bonds is 4. The smallest absolute Gasteiger partial charge is 0.157 e. The molecule has 4 heterocycles. The van der Waals surface area contributed by atoms with E-state index in [2.05, 4.69) is 35.1 Å². The first-order chi connectivity index (χ1) is 14.2. The van der Waals surface area contributed by atoms with Gasteiger partial charge in [-0.2, -0.15) is 0 Å². The summed E-state index contributed by atoms with van der Waals surface area (Å²) in [4.78, 5) is 22.9. The van der Waals surface area contributed by atoms with Crippen molar-refractivity contribution in [2.24, 2.45) is 0 Å². The van der Waals surface area contributed by atoms with Crippen LogP contribution < -0.4 is 10.2 Å². The third-order valence-corrected chi connectivity index (χ3v) is 5.25. The lowest BCUT2D eigenvalue weighted by atomic mass is 10.2. The summed E-state index contributed by atoms with van der Waals surface area (Å²) in [6.45, 7) is 2.00. The minimum Gasteiger partial charge on any atom is -0.356 e. The van der Waals surface area contributed by atoms with Crippen LogP contribution in [0.25, 0.3) is 22.4 Å². The zero-order valence-electron chi connectivity index (χ0n) is 15.4. The average molecular weight is 410 g/mol. The van der Waals surface area contributed by atoms with Crippen molar-refractivity contribution in [2.45, 2.75) is 12.8 Å². The van der Waals surface area contributed by atoms with Gasteiger partial charge in [-0.05, 0) is 31.0 Å². The van der Waals surface area contributed by atoms with E-state index in [1.807, 2.05) is 6.07 Å². The summed E-state index contributed by atoms with van der Waals surface area (Å²) < 4.78 is 14.3. The molecule has 0 saturated carbocycles. The van der Waals surface area contributed by atoms with Gasteiger partial charge in [-0.15, -0.1) is 0 Å². The Morgan fingerprint density at radius 1 is 1.10 bits per heavy atom. The van der Waals surface area contributed by atoms with Crippen LogP contribution in [0.4, 0.5) is 21.8 Å². The monoisotopic (exact) mass is 409 g/mol. The number of hydrogen-bond acceptors (Lipinski definition) is 6. The van der Waals surface area contributed by atoms with Gasteiger partial charge in [0, 0.05) is 25.4 Å². The van der Waals surface area contributed by atoms with Gasteiger partial charge < -0.3 is 15.2 Å². The average Bonchev–Trinajstić information content (AvgIpc) is 3.39. The summed E-state index contributed by atoms with van der Waals surface area (Å²) in [5.41, 5.74) is 1.52. The fourth-order valence-corrected chi connectivity index (χ4v) is 3.78. The molecule has 0 radical (unpaired) electrons. The van der Waals surface area contributed by atoms with Crippen LogP contribution in [0.1, 0.15) is 12.8 Å². The summed E-state index contributed by atoms with van der Waals surface area (Å²) in [7, 11) is 0. The molecule has 0 aliphatic carbocycles. The summed E-state index contributed by atoms with van der Waals surface area (Å²) in [5, 5.41) is 3.51. The maximum absolute atomic E-state index is 14.3. The van der Waals surface area contributed by atoms with Crippen LogP contribution in [-0.2, 0) is 0 Å². The van der Waals surface area contributed by atoms with Crippen LogP contribution in [-0.4, -0.2) is 38.0 Å². The summed E-state index contributed by atoms with van der Waals surface area (Å²) in [6, 6.07) is 8.20. The highest BCUT2D eigenvalue weighted by molar-refractivity contribution is 6.33. The highest BCUT2D eigenvalue weighted by atomic mass is 35.5. The number of fused-ring (bicyclic) bond motifs is 1. The molecule has 0 spiro atoms. The first kappa shape index (κ1) is 17.8. The molecule has 1 aliphatic heterocycles. The van der Waals surface area contributed by atoms with Crippen molar-refractivity contribution in [1.82, 2.24) is 24.9 Å². The number of pyridine rings is 1. The van der Waals surface area contributed by atoms with Crippen LogP contribution in [0, 0.1) is 5.82 Å². The Kier molecular flexibility index (Phi) is 4.48. The molecule has 5 rings (SSSR count). The number of benzene rings is 1. The van der Waals surface area contributed by atoms with Crippen molar-refractivity contribution >= 4 is 40.1 Å². The highest BCUT2D eigenvalue weighted by Gasteiger charge is 2.17. The van der Waals surface area contributed by atoms with Gasteiger partial charge in [0.15, 0.2) is 5.82 Å². The second kappa shape index (κ2) is 7.29. The number of aromatic amines is 1. The molecule has 0 amide bonds. The molecule has 1 saturated heterocycles. The second-order valence-corrected chi connectivity index (χ2v) is 7.22. The van der Waals surface area contributed by atoms with Gasteiger partial charge in [0.2, 0.25) is 0 Å². The van der Waals surface area contributed by atoms with Crippen LogP contribution in [0.5, 0.6) is 0 Å². The molecule has 1 fully saturated rings. The van der Waals surface area contributed by atoms with Crippen molar-refractivity contribution in [3.63, 3.8) is 0 Å². The standard InChI is InChI=1S/C20H17ClFN7/c21-12-4-3-5-13(22)17(12)19-26-14-6-7-23-20(18(14)28-19)27-15-10-16(25-11-24-15)29-8-1-2-9-29/h3-7,10-11H,1-2,8-9H2,(H,26,28)(H,23,24,25,27). The lowest BCUT2D eigenvalue weighted by Crippen LogP contribution is -2.19. The molecular weight excluding hydrogens is 393 g/mol. The number of aromatic nitrogens is 5. The third-order valence-electron chi connectivity index (χ3n) is 4.93. The van der Waals surface area contributed by atoms with Crippen molar-refractivity contribution in [3.8, 4) is 11.4 Å². The summed E-state index contributed by atoms with van der Waals surface area (Å²) in [6.07, 6.45) is 5.51. The minimum atomic E-state index is -0.440. The SMILES string of the molecule is Fc1cccc(Cl)c1-c1nc2ccnc(Nc3cc(N4CCCC4)ncn3)c2[nH]1. The van der Waals surface area contributed by atoms with E-state index in [1.165, 1.54) is 25.2 Å². The predicted molar refractivity (Wildman–Crippen MR) is 111 cm³/mol. The lowest BCUT2D eigenvalue weighted by Gasteiger charge is -2.16. The first-order valence-electron chi connectivity index (χ1n) is 9.32. The van der Waals surface area contributed by atoms with E-state index in [1.54, 1.807) is 24.4 Å². The van der Waals surface area contributed by atoms with Crippen LogP contribution in [0.2, 0.25) is 5.02 Å². The number of anilines is 3. The molecule has 29 heavy (non-hydrogen) atoms. The molecule has 0 unspecified atom stereocenters. The van der Waals surface area contributed by atoms with E-state index >= 15 is 0 Å². The second-order valence-electron chi connectivity index (χ2n) is 6.82. The van der Waals surface area contributed by atoms with Crippen molar-refractivity contribution in [2.75, 3.05) is 23.3 Å². The van der Waals surface area contributed by atoms with Gasteiger partial charge in [-0.25, -0.2) is 24.3 Å². The molecule has 0 bridgehead atoms. The van der Waals surface area contributed by atoms with E-state index in [9.17, 15) is 4.39 Å². The molecule has 2 N–H and O–H groups in total. The molecule has 0 atom stereocenters. The predicted octanol–water partition coefficient (Wildman–Crippen LogP) is 4.55. The van der Waals surface area contributed by atoms with Gasteiger partial charge in [0.05, 0.1) is 16.1 Å². The van der Waals surface area contributed by atoms with Crippen molar-refractivity contribution in [1.29, 1.82) is 0 Å². The van der Waals surface area contributed by atoms with E-state index in [0.29, 0.717) is 28.5 Å². The van der Waals surface area contributed by atoms with Crippen LogP contribution >= 0.6 is 11.6 Å². The van der Waals surface area contributed by atoms with Gasteiger partial charge in [-0.1, -0.05) is 17.7 Å². The van der Waals surface area contributed by atoms with Gasteiger partial charge in [0.25, 0.3) is 0 Å². The van der Waals surface area contributed by atoms with Gasteiger partial charge >= 0.3 is 0 Å². The molecule has 4 aromatic rings. The molecule has 1 aromatic carbocycles. The molecule has 3 aromatic heterocycles. The molecule has 146 valence electrons. The largest absolute Gasteiger partial charge is 0.356 e. The summed E-state index contributed by atoms with van der Waals surface area (Å²) >= 11 is 6.19. The molecule has 7 nitrogen and oxygen atoms in total. The fourth-order valence-electron chi connectivity index (χ4n) is 3.53. The Bertz CT molecular complexity index is 1170. The third kappa shape index (κ3) is 3.36. The number of hydrogen-bond donors (Lipinski definition) is 2. The normalized spacial score (nSPS) is 13.9. The van der Waals surface area contributed by atoms with Gasteiger partial charge in [-0.3, -0.25) is 0 Å². The number of nitrogens with zero attached hydrogens (tertiary/aromatic N) is 5. The van der Waals surface area contributed by atoms with Crippen molar-refractivity contribution in [3.05, 3.63) is 53.7 Å². The maximum Gasteiger partial charge on any atom is 0.157 e. The number of halogens is 2. The Balaban J connectivity index is 1.51. The minimum absolute atomic E-state index is 0.231. The number of H-pyrrole nitrogens is 1. The quantitative estimate of drug-likeness (QED) is 0.514. The molecule has 1 aliphatic rings. The molecular formula is C20H17ClFN7. The lowest BCUT2D eigenvalue weighted by molar-refractivity contribution is 0.630.